The molecule has 0 amide bonds. The third-order valence-electron chi connectivity index (χ3n) is 21.6. The van der Waals surface area contributed by atoms with Gasteiger partial charge < -0.3 is 34.2 Å². The molecular weight excluding hydrogens is 1480 g/mol. The quantitative estimate of drug-likeness (QED) is 0.0511. The molecule has 0 fully saturated rings. The first-order valence-electron chi connectivity index (χ1n) is 38.2. The van der Waals surface area contributed by atoms with Gasteiger partial charge in [-0.25, -0.2) is 4.98 Å². The second kappa shape index (κ2) is 31.9. The topological polar surface area (TPSA) is 117 Å². The average molecular weight is 1580 g/mol. The first kappa shape index (κ1) is 78.3. The van der Waals surface area contributed by atoms with Crippen LogP contribution in [0.25, 0.3) is 62.0 Å². The molecule has 2 aliphatic rings. The molecule has 2 aliphatic carbocycles. The third kappa shape index (κ3) is 15.7. The Hall–Kier alpha value is -11.8. The summed E-state index contributed by atoms with van der Waals surface area (Å²) in [5, 5.41) is 20.9. The lowest BCUT2D eigenvalue weighted by Crippen LogP contribution is -3.00. The SMILES string of the molecule is CC(C)(C)c1cc(-c2cc(-c3cccc(C4(c5ccccn5)c5ccccc5-c5ccccc54)c3)nc(-c3ccccc3O)c2)cc(C(C)(C)C)c1.CC(C)(C)c1cc(/C=C/C(=O)c2ccccc2O)cc(C(C)(C)C)c1.O=C(C[n+]1ccccc1)c1cccc(C2(c3ccccn3)c3ccccc3-c3ccccc32)c1.[I-]. The minimum atomic E-state index is -0.620. The van der Waals surface area contributed by atoms with E-state index < -0.39 is 10.8 Å². The molecule has 4 aromatic heterocycles. The van der Waals surface area contributed by atoms with E-state index >= 15 is 0 Å². The molecule has 0 atom stereocenters. The Bertz CT molecular complexity index is 5660. The summed E-state index contributed by atoms with van der Waals surface area (Å²) in [6.07, 6.45) is 10.9. The van der Waals surface area contributed by atoms with E-state index in [0.29, 0.717) is 23.2 Å². The van der Waals surface area contributed by atoms with Crippen LogP contribution in [0, 0.1) is 0 Å². The Morgan fingerprint density at radius 1 is 0.375 bits per heavy atom. The lowest BCUT2D eigenvalue weighted by molar-refractivity contribution is -0.683. The summed E-state index contributed by atoms with van der Waals surface area (Å²) >= 11 is 0. The number of hydrogen-bond donors (Lipinski definition) is 2. The number of Topliss-reactive ketones (excluding diaryl/α,β-unsaturated/α-hetero) is 1. The minimum Gasteiger partial charge on any atom is -1.00 e. The molecule has 4 heterocycles. The number of aromatic hydroxyl groups is 2. The van der Waals surface area contributed by atoms with Crippen molar-refractivity contribution in [3.8, 4) is 67.4 Å². The molecule has 9 heteroatoms. The summed E-state index contributed by atoms with van der Waals surface area (Å²) in [7, 11) is 0. The van der Waals surface area contributed by atoms with Crippen molar-refractivity contribution >= 4 is 17.6 Å². The van der Waals surface area contributed by atoms with Crippen LogP contribution in [0.15, 0.2) is 328 Å². The highest BCUT2D eigenvalue weighted by Crippen LogP contribution is 2.58. The van der Waals surface area contributed by atoms with Crippen molar-refractivity contribution in [2.75, 3.05) is 0 Å². The van der Waals surface area contributed by atoms with Crippen LogP contribution in [0.5, 0.6) is 11.5 Å². The first-order chi connectivity index (χ1) is 53.2. The van der Waals surface area contributed by atoms with Gasteiger partial charge in [0.05, 0.1) is 39.2 Å². The highest BCUT2D eigenvalue weighted by molar-refractivity contribution is 6.08. The molecule has 14 aromatic rings. The van der Waals surface area contributed by atoms with Crippen LogP contribution in [0.1, 0.15) is 176 Å². The number of carbonyl (C=O) groups excluding carboxylic acids is 2. The van der Waals surface area contributed by atoms with E-state index in [4.69, 9.17) is 15.0 Å². The number of halogens is 1. The second-order valence-corrected chi connectivity index (χ2v) is 33.2. The minimum absolute atomic E-state index is 0. The van der Waals surface area contributed by atoms with Crippen molar-refractivity contribution in [1.29, 1.82) is 0 Å². The zero-order valence-corrected chi connectivity index (χ0v) is 68.0. The van der Waals surface area contributed by atoms with Crippen LogP contribution in [0.3, 0.4) is 0 Å². The number of nitrogens with zero attached hydrogens (tertiary/aromatic N) is 4. The Balaban J connectivity index is 0.000000158. The van der Waals surface area contributed by atoms with Crippen molar-refractivity contribution < 1.29 is 48.3 Å². The Labute approximate surface area is 677 Å². The van der Waals surface area contributed by atoms with Crippen molar-refractivity contribution in [3.05, 3.63) is 412 Å². The van der Waals surface area contributed by atoms with E-state index in [-0.39, 0.29) is 68.7 Å². The summed E-state index contributed by atoms with van der Waals surface area (Å²) in [5.74, 6) is 0.0975. The van der Waals surface area contributed by atoms with Crippen molar-refractivity contribution in [1.82, 2.24) is 15.0 Å². The number of aromatic nitrogens is 4. The second-order valence-electron chi connectivity index (χ2n) is 33.2. The molecule has 0 spiro atoms. The number of benzene rings is 10. The molecule has 0 saturated heterocycles. The standard InChI is InChI=1S/C49H44N2O.C31H23N2O.C23H28O2.HI/c1-47(2,3)36-27-33(28-37(31-36)48(4,5)6)34-29-43(51-44(30-34)40-20-9-12-23-45(40)52)32-16-15-17-35(26-32)49(46-24-13-14-25-50-46)41-21-10-7-18-38(41)39-19-8-11-22-42(39)49;34-29(22-33-19-8-1-9-20-33)23-11-10-12-24(21-23)31(30-17-6-7-18-32-30)27-15-4-2-13-25(27)26-14-3-5-16-28(26)31;1-22(2,3)17-13-16(14-18(15-17)23(4,5)6)11-12-21(25)19-9-7-8-10-20(19)24;/h7-31,52H,1-6H3;1-21H,22H2;7-15,24H,1-6H3;1H/q;+1;;/p-1/b;;12-11+;. The Morgan fingerprint density at radius 2 is 0.786 bits per heavy atom. The zero-order chi connectivity index (χ0) is 78.0. The van der Waals surface area contributed by atoms with Crippen LogP contribution >= 0.6 is 0 Å². The zero-order valence-electron chi connectivity index (χ0n) is 65.8. The number of pyridine rings is 4. The third-order valence-corrected chi connectivity index (χ3v) is 21.6. The first-order valence-corrected chi connectivity index (χ1v) is 38.2. The number of fused-ring (bicyclic) bond motifs is 6. The van der Waals surface area contributed by atoms with E-state index in [1.165, 1.54) is 78.9 Å². The van der Waals surface area contributed by atoms with Gasteiger partial charge >= 0.3 is 0 Å². The smallest absolute Gasteiger partial charge is 0.227 e. The average Bonchev–Trinajstić information content (AvgIpc) is 1.65. The fourth-order valence-corrected chi connectivity index (χ4v) is 15.6. The van der Waals surface area contributed by atoms with Gasteiger partial charge in [-0.3, -0.25) is 19.6 Å². The van der Waals surface area contributed by atoms with E-state index in [1.54, 1.807) is 24.3 Å². The summed E-state index contributed by atoms with van der Waals surface area (Å²) in [6.45, 7) is 27.1. The molecule has 0 radical (unpaired) electrons. The predicted octanol–water partition coefficient (Wildman–Crippen LogP) is 20.6. The summed E-state index contributed by atoms with van der Waals surface area (Å²) in [5.41, 5.74) is 25.1. The van der Waals surface area contributed by atoms with Crippen LogP contribution in [0.2, 0.25) is 0 Å². The lowest BCUT2D eigenvalue weighted by atomic mass is 9.69. The number of phenols is 2. The summed E-state index contributed by atoms with van der Waals surface area (Å²) < 4.78 is 1.91. The normalized spacial score (nSPS) is 13.0. The largest absolute Gasteiger partial charge is 1.00 e. The van der Waals surface area contributed by atoms with Gasteiger partial charge in [-0.1, -0.05) is 301 Å². The van der Waals surface area contributed by atoms with Gasteiger partial charge in [0.2, 0.25) is 12.3 Å². The summed E-state index contributed by atoms with van der Waals surface area (Å²) in [4.78, 5) is 40.8. The Kier molecular flexibility index (Phi) is 22.3. The number of rotatable bonds is 13. The monoisotopic (exact) mass is 1580 g/mol. The molecule has 112 heavy (non-hydrogen) atoms. The summed E-state index contributed by atoms with van der Waals surface area (Å²) in [6, 6.07) is 101. The van der Waals surface area contributed by atoms with E-state index in [9.17, 15) is 19.8 Å². The highest BCUT2D eigenvalue weighted by atomic mass is 127. The maximum atomic E-state index is 13.3. The highest BCUT2D eigenvalue weighted by Gasteiger charge is 2.49. The molecule has 0 saturated carbocycles. The number of para-hydroxylation sites is 2. The number of phenolic OH excluding ortho intramolecular Hbond substituents is 2. The number of allylic oxidation sites excluding steroid dienone is 1. The number of hydrogen-bond acceptors (Lipinski definition) is 7. The molecule has 558 valence electrons. The number of carbonyl (C=O) groups is 2. The van der Waals surface area contributed by atoms with Gasteiger partial charge in [-0.15, -0.1) is 0 Å². The van der Waals surface area contributed by atoms with Crippen molar-refractivity contribution in [2.24, 2.45) is 0 Å². The van der Waals surface area contributed by atoms with Gasteiger partial charge in [0, 0.05) is 41.2 Å². The fourth-order valence-electron chi connectivity index (χ4n) is 15.6. The van der Waals surface area contributed by atoms with Gasteiger partial charge in [-0.05, 0) is 195 Å². The van der Waals surface area contributed by atoms with E-state index in [0.717, 1.165) is 56.2 Å². The van der Waals surface area contributed by atoms with E-state index in [2.05, 4.69) is 283 Å². The van der Waals surface area contributed by atoms with Gasteiger partial charge in [0.25, 0.3) is 0 Å². The molecule has 0 aliphatic heterocycles. The van der Waals surface area contributed by atoms with Crippen LogP contribution < -0.4 is 28.5 Å². The van der Waals surface area contributed by atoms with Crippen molar-refractivity contribution in [2.45, 2.75) is 122 Å². The molecule has 2 N–H and O–H groups in total. The Morgan fingerprint density at radius 3 is 1.25 bits per heavy atom. The van der Waals surface area contributed by atoms with Gasteiger partial charge in [-0.2, -0.15) is 4.57 Å². The van der Waals surface area contributed by atoms with Crippen molar-refractivity contribution in [3.63, 3.8) is 0 Å². The molecule has 10 aromatic carbocycles. The fraction of sp³-hybridized carbons (Fsp3) is 0.184. The molecular formula is C103H95IN4O4. The van der Waals surface area contributed by atoms with Crippen LogP contribution in [-0.4, -0.2) is 36.7 Å². The van der Waals surface area contributed by atoms with Crippen LogP contribution in [0.4, 0.5) is 0 Å². The number of ketones is 2. The predicted molar refractivity (Wildman–Crippen MR) is 453 cm³/mol. The van der Waals surface area contributed by atoms with Gasteiger partial charge in [0.15, 0.2) is 18.2 Å². The lowest BCUT2D eigenvalue weighted by Gasteiger charge is -2.33. The molecule has 0 unspecified atom stereocenters. The van der Waals surface area contributed by atoms with Crippen LogP contribution in [-0.2, 0) is 39.0 Å². The van der Waals surface area contributed by atoms with E-state index in [1.807, 2.05) is 102 Å². The maximum absolute atomic E-state index is 13.3. The molecule has 16 rings (SSSR count). The molecule has 8 nitrogen and oxygen atoms in total. The molecule has 0 bridgehead atoms. The maximum Gasteiger partial charge on any atom is 0.227 e. The van der Waals surface area contributed by atoms with Gasteiger partial charge in [0.1, 0.15) is 11.5 Å².